The molecule has 1 heterocycles. The van der Waals surface area contributed by atoms with E-state index >= 15 is 0 Å². The zero-order chi connectivity index (χ0) is 13.9. The first-order valence-electron chi connectivity index (χ1n) is 5.41. The molecule has 7 heteroatoms. The van der Waals surface area contributed by atoms with Crippen LogP contribution in [0.1, 0.15) is 4.88 Å². The molecule has 5 nitrogen and oxygen atoms in total. The topological polar surface area (TPSA) is 89.3 Å². The van der Waals surface area contributed by atoms with Crippen molar-refractivity contribution in [2.45, 2.75) is 10.6 Å². The Balaban J connectivity index is 2.02. The van der Waals surface area contributed by atoms with Gasteiger partial charge in [-0.25, -0.2) is 13.6 Å². The van der Waals surface area contributed by atoms with Gasteiger partial charge in [-0.15, -0.1) is 11.3 Å². The fourth-order valence-electron chi connectivity index (χ4n) is 1.49. The van der Waals surface area contributed by atoms with E-state index in [9.17, 15) is 13.2 Å². The molecule has 0 unspecified atom stereocenters. The van der Waals surface area contributed by atoms with Crippen molar-refractivity contribution in [3.05, 3.63) is 47.3 Å². The minimum Gasteiger partial charge on any atom is -0.326 e. The van der Waals surface area contributed by atoms with Crippen LogP contribution in [0.15, 0.2) is 46.7 Å². The average molecular weight is 296 g/mol. The number of primary sulfonamides is 1. The largest absolute Gasteiger partial charge is 0.326 e. The Bertz CT molecular complexity index is 678. The summed E-state index contributed by atoms with van der Waals surface area (Å²) in [4.78, 5) is 12.4. The van der Waals surface area contributed by atoms with Gasteiger partial charge in [0.15, 0.2) is 0 Å². The molecule has 0 atom stereocenters. The molecule has 100 valence electrons. The second-order valence-electron chi connectivity index (χ2n) is 3.86. The smallest absolute Gasteiger partial charge is 0.247 e. The van der Waals surface area contributed by atoms with Gasteiger partial charge in [-0.05, 0) is 24.3 Å². The van der Waals surface area contributed by atoms with Gasteiger partial charge in [0.2, 0.25) is 15.9 Å². The number of para-hydroxylation sites is 1. The third kappa shape index (κ3) is 3.88. The van der Waals surface area contributed by atoms with E-state index in [0.717, 1.165) is 11.3 Å². The number of carbonyl (C=O) groups is 1. The summed E-state index contributed by atoms with van der Waals surface area (Å²) in [6.45, 7) is 0. The highest BCUT2D eigenvalue weighted by atomic mass is 32.2. The Kier molecular flexibility index (Phi) is 3.98. The van der Waals surface area contributed by atoms with E-state index in [4.69, 9.17) is 5.14 Å². The van der Waals surface area contributed by atoms with Crippen molar-refractivity contribution < 1.29 is 13.2 Å². The second kappa shape index (κ2) is 5.52. The maximum absolute atomic E-state index is 11.8. The zero-order valence-electron chi connectivity index (χ0n) is 9.87. The van der Waals surface area contributed by atoms with Gasteiger partial charge < -0.3 is 5.32 Å². The van der Waals surface area contributed by atoms with E-state index in [1.54, 1.807) is 18.2 Å². The highest BCUT2D eigenvalue weighted by molar-refractivity contribution is 7.91. The molecule has 2 rings (SSSR count). The van der Waals surface area contributed by atoms with Crippen molar-refractivity contribution in [1.82, 2.24) is 0 Å². The summed E-state index contributed by atoms with van der Waals surface area (Å²) in [5.41, 5.74) is 0.704. The molecule has 0 aliphatic carbocycles. The highest BCUT2D eigenvalue weighted by Crippen LogP contribution is 2.21. The van der Waals surface area contributed by atoms with Crippen molar-refractivity contribution in [3.63, 3.8) is 0 Å². The lowest BCUT2D eigenvalue weighted by Crippen LogP contribution is -2.13. The number of amides is 1. The lowest BCUT2D eigenvalue weighted by atomic mass is 10.3. The Morgan fingerprint density at radius 3 is 2.42 bits per heavy atom. The Hall–Kier alpha value is -1.70. The van der Waals surface area contributed by atoms with Crippen molar-refractivity contribution in [1.29, 1.82) is 0 Å². The van der Waals surface area contributed by atoms with Crippen LogP contribution in [-0.2, 0) is 21.2 Å². The van der Waals surface area contributed by atoms with E-state index in [-0.39, 0.29) is 16.5 Å². The number of sulfonamides is 1. The summed E-state index contributed by atoms with van der Waals surface area (Å²) in [6.07, 6.45) is 0.120. The van der Waals surface area contributed by atoms with Gasteiger partial charge in [-0.3, -0.25) is 4.79 Å². The van der Waals surface area contributed by atoms with Gasteiger partial charge in [0.25, 0.3) is 0 Å². The number of nitrogens with one attached hydrogen (secondary N) is 1. The molecule has 1 amide bonds. The predicted octanol–water partition coefficient (Wildman–Crippen LogP) is 1.58. The molecule has 1 aromatic heterocycles. The SMILES string of the molecule is NS(=O)(=O)c1ccc(CC(=O)Nc2ccccc2)s1. The first-order chi connectivity index (χ1) is 8.95. The normalized spacial score (nSPS) is 11.2. The lowest BCUT2D eigenvalue weighted by Gasteiger charge is -2.03. The molecular weight excluding hydrogens is 284 g/mol. The standard InChI is InChI=1S/C12H12N2O3S2/c13-19(16,17)12-7-6-10(18-12)8-11(15)14-9-4-2-1-3-5-9/h1-7H,8H2,(H,14,15)(H2,13,16,17). The molecule has 2 aromatic rings. The molecule has 0 fully saturated rings. The maximum atomic E-state index is 11.8. The predicted molar refractivity (Wildman–Crippen MR) is 74.5 cm³/mol. The molecule has 0 bridgehead atoms. The summed E-state index contributed by atoms with van der Waals surface area (Å²) in [5.74, 6) is -0.200. The number of thiophene rings is 1. The molecule has 19 heavy (non-hydrogen) atoms. The summed E-state index contributed by atoms with van der Waals surface area (Å²) >= 11 is 1.00. The average Bonchev–Trinajstić information content (AvgIpc) is 2.78. The van der Waals surface area contributed by atoms with Crippen LogP contribution in [0.4, 0.5) is 5.69 Å². The van der Waals surface area contributed by atoms with Crippen LogP contribution < -0.4 is 10.5 Å². The second-order valence-corrected chi connectivity index (χ2v) is 6.81. The molecule has 0 radical (unpaired) electrons. The number of rotatable bonds is 4. The van der Waals surface area contributed by atoms with Crippen molar-refractivity contribution in [3.8, 4) is 0 Å². The molecule has 1 aromatic carbocycles. The third-order valence-electron chi connectivity index (χ3n) is 2.31. The fourth-order valence-corrected chi connectivity index (χ4v) is 3.27. The van der Waals surface area contributed by atoms with Gasteiger partial charge in [0.1, 0.15) is 4.21 Å². The fraction of sp³-hybridized carbons (Fsp3) is 0.0833. The van der Waals surface area contributed by atoms with Crippen LogP contribution in [0.2, 0.25) is 0 Å². The number of carbonyl (C=O) groups excluding carboxylic acids is 1. The number of anilines is 1. The summed E-state index contributed by atoms with van der Waals surface area (Å²) in [5, 5.41) is 7.73. The number of nitrogens with two attached hydrogens (primary N) is 1. The van der Waals surface area contributed by atoms with E-state index in [0.29, 0.717) is 10.6 Å². The van der Waals surface area contributed by atoms with E-state index < -0.39 is 10.0 Å². The van der Waals surface area contributed by atoms with Crippen LogP contribution in [0.25, 0.3) is 0 Å². The van der Waals surface area contributed by atoms with Gasteiger partial charge in [0.05, 0.1) is 6.42 Å². The van der Waals surface area contributed by atoms with E-state index in [2.05, 4.69) is 5.32 Å². The van der Waals surface area contributed by atoms with Gasteiger partial charge in [-0.1, -0.05) is 18.2 Å². The molecule has 0 spiro atoms. The van der Waals surface area contributed by atoms with Crippen molar-refractivity contribution in [2.75, 3.05) is 5.32 Å². The zero-order valence-corrected chi connectivity index (χ0v) is 11.5. The monoisotopic (exact) mass is 296 g/mol. The van der Waals surface area contributed by atoms with Gasteiger partial charge >= 0.3 is 0 Å². The van der Waals surface area contributed by atoms with Crippen LogP contribution in [0, 0.1) is 0 Å². The summed E-state index contributed by atoms with van der Waals surface area (Å²) in [7, 11) is -3.69. The molecule has 0 aliphatic rings. The van der Waals surface area contributed by atoms with Gasteiger partial charge in [0, 0.05) is 10.6 Å². The minimum atomic E-state index is -3.69. The maximum Gasteiger partial charge on any atom is 0.247 e. The molecule has 0 saturated heterocycles. The van der Waals surface area contributed by atoms with E-state index in [1.807, 2.05) is 18.2 Å². The van der Waals surface area contributed by atoms with Gasteiger partial charge in [-0.2, -0.15) is 0 Å². The highest BCUT2D eigenvalue weighted by Gasteiger charge is 2.13. The number of benzene rings is 1. The number of hydrogen-bond donors (Lipinski definition) is 2. The Morgan fingerprint density at radius 1 is 1.16 bits per heavy atom. The first kappa shape index (κ1) is 13.7. The number of hydrogen-bond acceptors (Lipinski definition) is 4. The summed E-state index contributed by atoms with van der Waals surface area (Å²) in [6, 6.07) is 12.1. The first-order valence-corrected chi connectivity index (χ1v) is 7.78. The molecule has 3 N–H and O–H groups in total. The minimum absolute atomic E-state index is 0.0648. The Labute approximate surface area is 115 Å². The van der Waals surface area contributed by atoms with Crippen LogP contribution >= 0.6 is 11.3 Å². The van der Waals surface area contributed by atoms with Crippen molar-refractivity contribution in [2.24, 2.45) is 5.14 Å². The Morgan fingerprint density at radius 2 is 1.84 bits per heavy atom. The van der Waals surface area contributed by atoms with Crippen LogP contribution in [0.5, 0.6) is 0 Å². The summed E-state index contributed by atoms with van der Waals surface area (Å²) < 4.78 is 22.3. The van der Waals surface area contributed by atoms with E-state index in [1.165, 1.54) is 6.07 Å². The lowest BCUT2D eigenvalue weighted by molar-refractivity contribution is -0.115. The van der Waals surface area contributed by atoms with Crippen LogP contribution in [-0.4, -0.2) is 14.3 Å². The molecule has 0 aliphatic heterocycles. The quantitative estimate of drug-likeness (QED) is 0.897. The van der Waals surface area contributed by atoms with Crippen LogP contribution in [0.3, 0.4) is 0 Å². The molecule has 0 saturated carbocycles. The van der Waals surface area contributed by atoms with Crippen molar-refractivity contribution >= 4 is 33.0 Å². The molecular formula is C12H12N2O3S2. The third-order valence-corrected chi connectivity index (χ3v) is 4.83.